The van der Waals surface area contributed by atoms with Crippen LogP contribution in [0.4, 0.5) is 30.8 Å². The third kappa shape index (κ3) is 5.22. The van der Waals surface area contributed by atoms with E-state index < -0.39 is 44.2 Å². The number of nitrogens with one attached hydrogen (secondary N) is 1. The van der Waals surface area contributed by atoms with E-state index in [0.717, 1.165) is 22.6 Å². The molecule has 174 valence electrons. The Labute approximate surface area is 197 Å². The first-order chi connectivity index (χ1) is 14.7. The number of nitrogens with zero attached hydrogens (tertiary/aromatic N) is 2. The first-order valence-electron chi connectivity index (χ1n) is 9.60. The highest BCUT2D eigenvalue weighted by Gasteiger charge is 2.38. The lowest BCUT2D eigenvalue weighted by Crippen LogP contribution is -2.38. The van der Waals surface area contributed by atoms with Gasteiger partial charge in [-0.25, -0.2) is 26.9 Å². The fraction of sp³-hybridized carbons (Fsp3) is 0.400. The number of anilines is 3. The van der Waals surface area contributed by atoms with Gasteiger partial charge in [0.2, 0.25) is 10.0 Å². The van der Waals surface area contributed by atoms with Crippen LogP contribution < -0.4 is 15.2 Å². The second kappa shape index (κ2) is 8.61. The molecule has 1 N–H and O–H groups in total. The van der Waals surface area contributed by atoms with Crippen molar-refractivity contribution in [2.24, 2.45) is 7.05 Å². The zero-order valence-corrected chi connectivity index (χ0v) is 20.8. The quantitative estimate of drug-likeness (QED) is 0.533. The number of amides is 1. The van der Waals surface area contributed by atoms with Crippen LogP contribution in [0.25, 0.3) is 0 Å². The molecule has 0 saturated heterocycles. The van der Waals surface area contributed by atoms with Crippen molar-refractivity contribution in [2.75, 3.05) is 9.62 Å². The predicted octanol–water partition coefficient (Wildman–Crippen LogP) is 4.25. The molecule has 1 aliphatic rings. The minimum absolute atomic E-state index is 0.298. The Balaban J connectivity index is 2.28. The predicted molar refractivity (Wildman–Crippen MR) is 125 cm³/mol. The average molecular weight is 581 g/mol. The zero-order valence-electron chi connectivity index (χ0n) is 17.8. The Bertz CT molecular complexity index is 1240. The maximum atomic E-state index is 14.9. The number of benzene rings is 1. The van der Waals surface area contributed by atoms with Crippen LogP contribution in [0.15, 0.2) is 29.1 Å². The number of aromatic nitrogens is 1. The molecule has 0 radical (unpaired) electrons. The standard InChI is InChI=1S/C20H22F2IN3O5S/c1-20(2,3)31-19(28)26(16-8-5-11(23)9-13(16)21)17-15(10-14(22)18(27)25(17)4)24-32(29,30)12-6-7-12/h5,8-10,12,24H,6-7H2,1-4H3. The lowest BCUT2D eigenvalue weighted by atomic mass is 10.2. The van der Waals surface area contributed by atoms with Crippen molar-refractivity contribution in [2.45, 2.75) is 44.5 Å². The molecule has 1 aliphatic carbocycles. The van der Waals surface area contributed by atoms with Crippen molar-refractivity contribution in [3.8, 4) is 0 Å². The highest BCUT2D eigenvalue weighted by molar-refractivity contribution is 14.1. The Hall–Kier alpha value is -2.22. The zero-order chi connectivity index (χ0) is 24.0. The van der Waals surface area contributed by atoms with Crippen LogP contribution in [0.2, 0.25) is 0 Å². The minimum atomic E-state index is -3.91. The Morgan fingerprint density at radius 1 is 1.22 bits per heavy atom. The number of pyridine rings is 1. The first kappa shape index (κ1) is 24.4. The lowest BCUT2D eigenvalue weighted by Gasteiger charge is -2.30. The maximum absolute atomic E-state index is 14.9. The van der Waals surface area contributed by atoms with Crippen LogP contribution in [0.5, 0.6) is 0 Å². The normalized spacial score (nSPS) is 14.2. The van der Waals surface area contributed by atoms with Crippen LogP contribution >= 0.6 is 22.6 Å². The Kier molecular flexibility index (Phi) is 6.57. The van der Waals surface area contributed by atoms with Crippen molar-refractivity contribution >= 4 is 55.9 Å². The van der Waals surface area contributed by atoms with Crippen molar-refractivity contribution in [3.05, 3.63) is 49.8 Å². The van der Waals surface area contributed by atoms with E-state index in [0.29, 0.717) is 22.5 Å². The van der Waals surface area contributed by atoms with E-state index in [4.69, 9.17) is 4.74 Å². The molecule has 12 heteroatoms. The van der Waals surface area contributed by atoms with E-state index in [2.05, 4.69) is 4.72 Å². The molecule has 0 unspecified atom stereocenters. The van der Waals surface area contributed by atoms with Crippen LogP contribution in [0.3, 0.4) is 0 Å². The number of hydrogen-bond acceptors (Lipinski definition) is 5. The van der Waals surface area contributed by atoms with Crippen molar-refractivity contribution in [3.63, 3.8) is 0 Å². The Morgan fingerprint density at radius 3 is 2.38 bits per heavy atom. The summed E-state index contributed by atoms with van der Waals surface area (Å²) in [5.41, 5.74) is -2.82. The number of hydrogen-bond donors (Lipinski definition) is 1. The summed E-state index contributed by atoms with van der Waals surface area (Å²) < 4.78 is 63.3. The molecule has 1 amide bonds. The molecular formula is C20H22F2IN3O5S. The summed E-state index contributed by atoms with van der Waals surface area (Å²) in [5, 5.41) is -0.666. The summed E-state index contributed by atoms with van der Waals surface area (Å²) in [6.07, 6.45) is -0.216. The molecule has 1 heterocycles. The second-order valence-electron chi connectivity index (χ2n) is 8.35. The van der Waals surface area contributed by atoms with Gasteiger partial charge in [0.25, 0.3) is 5.56 Å². The van der Waals surface area contributed by atoms with Gasteiger partial charge in [0.15, 0.2) is 11.6 Å². The third-order valence-corrected chi connectivity index (χ3v) is 7.02. The number of carbonyl (C=O) groups excluding carboxylic acids is 1. The summed E-state index contributed by atoms with van der Waals surface area (Å²) in [5.74, 6) is -2.44. The topological polar surface area (TPSA) is 97.7 Å². The van der Waals surface area contributed by atoms with Crippen LogP contribution in [0.1, 0.15) is 33.6 Å². The molecular weight excluding hydrogens is 559 g/mol. The van der Waals surface area contributed by atoms with Gasteiger partial charge in [0.05, 0.1) is 16.6 Å². The van der Waals surface area contributed by atoms with Gasteiger partial charge in [-0.1, -0.05) is 0 Å². The highest BCUT2D eigenvalue weighted by atomic mass is 127. The van der Waals surface area contributed by atoms with E-state index in [-0.39, 0.29) is 17.2 Å². The van der Waals surface area contributed by atoms with E-state index in [9.17, 15) is 26.8 Å². The minimum Gasteiger partial charge on any atom is -0.443 e. The molecule has 0 bridgehead atoms. The molecule has 0 aliphatic heterocycles. The van der Waals surface area contributed by atoms with Gasteiger partial charge in [-0.2, -0.15) is 0 Å². The molecule has 0 atom stereocenters. The lowest BCUT2D eigenvalue weighted by molar-refractivity contribution is 0.0596. The van der Waals surface area contributed by atoms with E-state index in [1.807, 2.05) is 22.6 Å². The highest BCUT2D eigenvalue weighted by Crippen LogP contribution is 2.37. The van der Waals surface area contributed by atoms with Crippen molar-refractivity contribution in [1.29, 1.82) is 0 Å². The molecule has 0 spiro atoms. The molecule has 1 saturated carbocycles. The van der Waals surface area contributed by atoms with E-state index >= 15 is 0 Å². The molecule has 1 aromatic heterocycles. The summed E-state index contributed by atoms with van der Waals surface area (Å²) in [6.45, 7) is 4.77. The number of rotatable bonds is 5. The smallest absolute Gasteiger partial charge is 0.420 e. The van der Waals surface area contributed by atoms with Gasteiger partial charge in [0.1, 0.15) is 11.4 Å². The summed E-state index contributed by atoms with van der Waals surface area (Å²) in [7, 11) is -2.76. The monoisotopic (exact) mass is 581 g/mol. The SMILES string of the molecule is Cn1c(N(C(=O)OC(C)(C)C)c2ccc(I)cc2F)c(NS(=O)(=O)C2CC2)cc(F)c1=O. The van der Waals surface area contributed by atoms with Crippen molar-refractivity contribution in [1.82, 2.24) is 4.57 Å². The Morgan fingerprint density at radius 2 is 1.84 bits per heavy atom. The van der Waals surface area contributed by atoms with Gasteiger partial charge in [-0.05, 0) is 74.4 Å². The van der Waals surface area contributed by atoms with E-state index in [1.54, 1.807) is 20.8 Å². The molecule has 1 aromatic carbocycles. The van der Waals surface area contributed by atoms with E-state index in [1.165, 1.54) is 12.1 Å². The molecule has 2 aromatic rings. The molecule has 8 nitrogen and oxygen atoms in total. The third-order valence-electron chi connectivity index (χ3n) is 4.49. The summed E-state index contributed by atoms with van der Waals surface area (Å²) >= 11 is 1.88. The van der Waals surface area contributed by atoms with Crippen molar-refractivity contribution < 1.29 is 26.7 Å². The summed E-state index contributed by atoms with van der Waals surface area (Å²) in [6, 6.07) is 4.64. The van der Waals surface area contributed by atoms with Gasteiger partial charge in [0, 0.05) is 16.7 Å². The van der Waals surface area contributed by atoms with Crippen LogP contribution in [0, 0.1) is 15.2 Å². The first-order valence-corrected chi connectivity index (χ1v) is 12.2. The van der Waals surface area contributed by atoms with Gasteiger partial charge in [-0.15, -0.1) is 0 Å². The fourth-order valence-electron chi connectivity index (χ4n) is 2.92. The number of halogens is 3. The number of carbonyl (C=O) groups is 1. The van der Waals surface area contributed by atoms with Gasteiger partial charge >= 0.3 is 6.09 Å². The fourth-order valence-corrected chi connectivity index (χ4v) is 4.75. The number of ether oxygens (including phenoxy) is 1. The molecule has 32 heavy (non-hydrogen) atoms. The van der Waals surface area contributed by atoms with Crippen LogP contribution in [-0.2, 0) is 21.8 Å². The molecule has 1 fully saturated rings. The second-order valence-corrected chi connectivity index (χ2v) is 11.6. The van der Waals surface area contributed by atoms with Crippen LogP contribution in [-0.4, -0.2) is 29.9 Å². The average Bonchev–Trinajstić information content (AvgIpc) is 3.48. The van der Waals surface area contributed by atoms with Gasteiger partial charge < -0.3 is 4.74 Å². The van der Waals surface area contributed by atoms with Gasteiger partial charge in [-0.3, -0.25) is 14.1 Å². The largest absolute Gasteiger partial charge is 0.443 e. The maximum Gasteiger partial charge on any atom is 0.420 e. The molecule has 3 rings (SSSR count). The summed E-state index contributed by atoms with van der Waals surface area (Å²) in [4.78, 5) is 26.3. The number of sulfonamides is 1.